The SMILES string of the molecule is CC(C)(C)C(C)(C)C(=O)OCCC#N. The van der Waals surface area contributed by atoms with Crippen molar-refractivity contribution in [2.75, 3.05) is 6.61 Å². The highest BCUT2D eigenvalue weighted by molar-refractivity contribution is 5.76. The highest BCUT2D eigenvalue weighted by Crippen LogP contribution is 2.38. The van der Waals surface area contributed by atoms with Crippen LogP contribution in [-0.4, -0.2) is 12.6 Å². The molecule has 0 aliphatic rings. The zero-order valence-corrected chi connectivity index (χ0v) is 9.68. The molecule has 80 valence electrons. The standard InChI is InChI=1S/C11H19NO2/c1-10(2,3)11(4,5)9(13)14-8-6-7-12/h6,8H2,1-5H3. The number of hydrogen-bond acceptors (Lipinski definition) is 3. The summed E-state index contributed by atoms with van der Waals surface area (Å²) >= 11 is 0. The van der Waals surface area contributed by atoms with E-state index in [9.17, 15) is 4.79 Å². The summed E-state index contributed by atoms with van der Waals surface area (Å²) in [5.41, 5.74) is -0.667. The van der Waals surface area contributed by atoms with Crippen LogP contribution < -0.4 is 0 Å². The van der Waals surface area contributed by atoms with Crippen LogP contribution in [0.4, 0.5) is 0 Å². The molecule has 3 nitrogen and oxygen atoms in total. The molecule has 0 atom stereocenters. The van der Waals surface area contributed by atoms with E-state index in [1.54, 1.807) is 0 Å². The number of hydrogen-bond donors (Lipinski definition) is 0. The van der Waals surface area contributed by atoms with E-state index in [2.05, 4.69) is 0 Å². The van der Waals surface area contributed by atoms with Crippen molar-refractivity contribution in [2.24, 2.45) is 10.8 Å². The van der Waals surface area contributed by atoms with E-state index >= 15 is 0 Å². The molecule has 0 aromatic rings. The fourth-order valence-electron chi connectivity index (χ4n) is 0.676. The third-order valence-electron chi connectivity index (χ3n) is 2.83. The third-order valence-corrected chi connectivity index (χ3v) is 2.83. The van der Waals surface area contributed by atoms with E-state index in [0.29, 0.717) is 0 Å². The zero-order chi connectivity index (χ0) is 11.4. The molecular weight excluding hydrogens is 178 g/mol. The van der Waals surface area contributed by atoms with Gasteiger partial charge in [-0.1, -0.05) is 20.8 Å². The molecule has 0 radical (unpaired) electrons. The van der Waals surface area contributed by atoms with Crippen LogP contribution in [0.15, 0.2) is 0 Å². The van der Waals surface area contributed by atoms with Crippen molar-refractivity contribution < 1.29 is 9.53 Å². The summed E-state index contributed by atoms with van der Waals surface area (Å²) in [5.74, 6) is -0.236. The summed E-state index contributed by atoms with van der Waals surface area (Å²) in [6.45, 7) is 9.91. The van der Waals surface area contributed by atoms with Crippen molar-refractivity contribution in [1.29, 1.82) is 5.26 Å². The van der Waals surface area contributed by atoms with E-state index in [0.717, 1.165) is 0 Å². The first-order valence-corrected chi connectivity index (χ1v) is 4.77. The van der Waals surface area contributed by atoms with Gasteiger partial charge in [0.25, 0.3) is 0 Å². The lowest BCUT2D eigenvalue weighted by atomic mass is 9.69. The van der Waals surface area contributed by atoms with Gasteiger partial charge in [0.1, 0.15) is 6.61 Å². The Hall–Kier alpha value is -1.04. The fourth-order valence-corrected chi connectivity index (χ4v) is 0.676. The van der Waals surface area contributed by atoms with Crippen LogP contribution in [0.5, 0.6) is 0 Å². The largest absolute Gasteiger partial charge is 0.464 e. The second-order valence-electron chi connectivity index (χ2n) is 4.92. The van der Waals surface area contributed by atoms with Gasteiger partial charge in [-0.15, -0.1) is 0 Å². The first-order chi connectivity index (χ1) is 6.23. The lowest BCUT2D eigenvalue weighted by molar-refractivity contribution is -0.160. The van der Waals surface area contributed by atoms with E-state index in [1.165, 1.54) is 0 Å². The summed E-state index contributed by atoms with van der Waals surface area (Å²) in [6, 6.07) is 1.94. The van der Waals surface area contributed by atoms with Gasteiger partial charge in [0.05, 0.1) is 17.9 Å². The molecule has 0 rings (SSSR count). The third kappa shape index (κ3) is 3.02. The molecule has 0 unspecified atom stereocenters. The van der Waals surface area contributed by atoms with Gasteiger partial charge < -0.3 is 4.74 Å². The van der Waals surface area contributed by atoms with Gasteiger partial charge in [-0.05, 0) is 19.3 Å². The number of nitriles is 1. The summed E-state index contributed by atoms with van der Waals surface area (Å²) in [7, 11) is 0. The summed E-state index contributed by atoms with van der Waals surface area (Å²) in [5, 5.41) is 8.30. The predicted octanol–water partition coefficient (Wildman–Crippen LogP) is 2.52. The number of ether oxygens (including phenoxy) is 1. The Bertz CT molecular complexity index is 243. The molecule has 14 heavy (non-hydrogen) atoms. The number of esters is 1. The average Bonchev–Trinajstić information content (AvgIpc) is 2.02. The van der Waals surface area contributed by atoms with Gasteiger partial charge in [0.2, 0.25) is 0 Å². The van der Waals surface area contributed by atoms with Gasteiger partial charge >= 0.3 is 5.97 Å². The molecule has 0 saturated heterocycles. The maximum absolute atomic E-state index is 11.7. The molecule has 0 spiro atoms. The van der Waals surface area contributed by atoms with Crippen LogP contribution in [0.1, 0.15) is 41.0 Å². The van der Waals surface area contributed by atoms with Crippen molar-refractivity contribution in [2.45, 2.75) is 41.0 Å². The lowest BCUT2D eigenvalue weighted by Gasteiger charge is -2.36. The summed E-state index contributed by atoms with van der Waals surface area (Å²) in [4.78, 5) is 11.7. The lowest BCUT2D eigenvalue weighted by Crippen LogP contribution is -2.39. The van der Waals surface area contributed by atoms with Crippen molar-refractivity contribution >= 4 is 5.97 Å². The number of nitrogens with zero attached hydrogens (tertiary/aromatic N) is 1. The molecule has 0 heterocycles. The molecule has 0 bridgehead atoms. The summed E-state index contributed by atoms with van der Waals surface area (Å²) in [6.07, 6.45) is 0.256. The Morgan fingerprint density at radius 1 is 1.29 bits per heavy atom. The maximum Gasteiger partial charge on any atom is 0.312 e. The number of carbonyl (C=O) groups is 1. The maximum atomic E-state index is 11.7. The molecule has 0 saturated carbocycles. The molecule has 0 aliphatic carbocycles. The van der Waals surface area contributed by atoms with Crippen LogP contribution in [0.25, 0.3) is 0 Å². The van der Waals surface area contributed by atoms with Crippen molar-refractivity contribution in [1.82, 2.24) is 0 Å². The van der Waals surface area contributed by atoms with Gasteiger partial charge in [-0.25, -0.2) is 0 Å². The molecule has 0 aromatic heterocycles. The fraction of sp³-hybridized carbons (Fsp3) is 0.818. The Kier molecular flexibility index (Phi) is 4.12. The van der Waals surface area contributed by atoms with E-state index in [-0.39, 0.29) is 24.4 Å². The van der Waals surface area contributed by atoms with Crippen molar-refractivity contribution in [3.63, 3.8) is 0 Å². The Labute approximate surface area is 86.1 Å². The topological polar surface area (TPSA) is 50.1 Å². The van der Waals surface area contributed by atoms with Crippen LogP contribution in [-0.2, 0) is 9.53 Å². The Morgan fingerprint density at radius 2 is 1.79 bits per heavy atom. The minimum Gasteiger partial charge on any atom is -0.464 e. The molecule has 0 aromatic carbocycles. The first-order valence-electron chi connectivity index (χ1n) is 4.77. The van der Waals surface area contributed by atoms with E-state index in [1.807, 2.05) is 40.7 Å². The minimum absolute atomic E-state index is 0.142. The molecule has 0 aliphatic heterocycles. The average molecular weight is 197 g/mol. The van der Waals surface area contributed by atoms with Gasteiger partial charge in [0, 0.05) is 0 Å². The smallest absolute Gasteiger partial charge is 0.312 e. The zero-order valence-electron chi connectivity index (χ0n) is 9.68. The van der Waals surface area contributed by atoms with Gasteiger partial charge in [0.15, 0.2) is 0 Å². The highest BCUT2D eigenvalue weighted by atomic mass is 16.5. The van der Waals surface area contributed by atoms with Crippen LogP contribution in [0.3, 0.4) is 0 Å². The summed E-state index contributed by atoms with van der Waals surface area (Å²) < 4.78 is 5.01. The molecule has 3 heteroatoms. The van der Waals surface area contributed by atoms with Crippen LogP contribution in [0.2, 0.25) is 0 Å². The molecule has 0 N–H and O–H groups in total. The van der Waals surface area contributed by atoms with E-state index < -0.39 is 5.41 Å². The molecule has 0 amide bonds. The monoisotopic (exact) mass is 197 g/mol. The normalized spacial score (nSPS) is 12.0. The van der Waals surface area contributed by atoms with E-state index in [4.69, 9.17) is 10.00 Å². The van der Waals surface area contributed by atoms with Crippen LogP contribution in [0, 0.1) is 22.2 Å². The highest BCUT2D eigenvalue weighted by Gasteiger charge is 2.40. The second-order valence-corrected chi connectivity index (χ2v) is 4.92. The number of carbonyl (C=O) groups excluding carboxylic acids is 1. The molecule has 0 fully saturated rings. The van der Waals surface area contributed by atoms with Gasteiger partial charge in [-0.3, -0.25) is 4.79 Å². The Balaban J connectivity index is 4.32. The van der Waals surface area contributed by atoms with Gasteiger partial charge in [-0.2, -0.15) is 5.26 Å². The first kappa shape index (κ1) is 13.0. The van der Waals surface area contributed by atoms with Crippen molar-refractivity contribution in [3.05, 3.63) is 0 Å². The molecular formula is C11H19NO2. The van der Waals surface area contributed by atoms with Crippen LogP contribution >= 0.6 is 0 Å². The quantitative estimate of drug-likeness (QED) is 0.516. The van der Waals surface area contributed by atoms with Crippen molar-refractivity contribution in [3.8, 4) is 6.07 Å². The Morgan fingerprint density at radius 3 is 2.14 bits per heavy atom. The number of rotatable bonds is 3. The minimum atomic E-state index is -0.525. The second kappa shape index (κ2) is 4.45. The predicted molar refractivity (Wildman–Crippen MR) is 54.4 cm³/mol.